The number of aromatic amines is 1. The van der Waals surface area contributed by atoms with Gasteiger partial charge in [0.15, 0.2) is 11.4 Å². The summed E-state index contributed by atoms with van der Waals surface area (Å²) in [7, 11) is 2.34. The van der Waals surface area contributed by atoms with Gasteiger partial charge in [-0.2, -0.15) is 4.98 Å². The molecule has 0 radical (unpaired) electrons. The molecule has 44 heavy (non-hydrogen) atoms. The predicted octanol–water partition coefficient (Wildman–Crippen LogP) is 4.54. The molecule has 1 aromatic carbocycles. The number of aromatic nitrogens is 3. The maximum absolute atomic E-state index is 12.0. The van der Waals surface area contributed by atoms with Gasteiger partial charge in [-0.15, -0.1) is 0 Å². The van der Waals surface area contributed by atoms with Crippen molar-refractivity contribution in [3.05, 3.63) is 69.4 Å². The second-order valence-corrected chi connectivity index (χ2v) is 12.5. The van der Waals surface area contributed by atoms with Crippen molar-refractivity contribution in [1.29, 1.82) is 0 Å². The SMILES string of the molecule is CC(C)(O)O.COc1cc(CNc2nc(C)c(-c3cc4cc(=O)[nH]c(C)c4o3)c(NC=C3CCC(CO)C3)n2)cc(PC)c1. The van der Waals surface area contributed by atoms with Crippen LogP contribution in [0.2, 0.25) is 0 Å². The molecule has 6 N–H and O–H groups in total. The third kappa shape index (κ3) is 8.89. The fourth-order valence-corrected chi connectivity index (χ4v) is 5.64. The van der Waals surface area contributed by atoms with Gasteiger partial charge in [0, 0.05) is 30.8 Å². The Hall–Kier alpha value is -3.76. The summed E-state index contributed by atoms with van der Waals surface area (Å²) in [6, 6.07) is 9.62. The fourth-order valence-electron chi connectivity index (χ4n) is 5.03. The highest BCUT2D eigenvalue weighted by molar-refractivity contribution is 7.46. The highest BCUT2D eigenvalue weighted by Crippen LogP contribution is 2.36. The molecule has 4 aromatic rings. The molecule has 0 aliphatic heterocycles. The highest BCUT2D eigenvalue weighted by Gasteiger charge is 2.21. The number of aliphatic hydroxyl groups is 3. The van der Waals surface area contributed by atoms with Crippen molar-refractivity contribution in [2.75, 3.05) is 31.0 Å². The predicted molar refractivity (Wildman–Crippen MR) is 176 cm³/mol. The number of aliphatic hydroxyl groups excluding tert-OH is 1. The van der Waals surface area contributed by atoms with E-state index in [1.54, 1.807) is 7.11 Å². The Balaban J connectivity index is 0.000000818. The molecule has 1 aliphatic rings. The average molecular weight is 624 g/mol. The molecule has 1 aliphatic carbocycles. The lowest BCUT2D eigenvalue weighted by atomic mass is 10.1. The van der Waals surface area contributed by atoms with E-state index in [9.17, 15) is 9.90 Å². The van der Waals surface area contributed by atoms with Crippen molar-refractivity contribution in [2.45, 2.75) is 59.3 Å². The molecular weight excluding hydrogens is 581 g/mol. The van der Waals surface area contributed by atoms with Crippen molar-refractivity contribution in [3.63, 3.8) is 0 Å². The summed E-state index contributed by atoms with van der Waals surface area (Å²) in [5.41, 5.74) is 4.91. The van der Waals surface area contributed by atoms with Gasteiger partial charge in [-0.25, -0.2) is 4.98 Å². The number of hydrogen-bond acceptors (Lipinski definition) is 10. The van der Waals surface area contributed by atoms with Crippen LogP contribution in [0.25, 0.3) is 22.3 Å². The van der Waals surface area contributed by atoms with Crippen LogP contribution in [0.5, 0.6) is 5.75 Å². The molecule has 3 aromatic heterocycles. The van der Waals surface area contributed by atoms with Crippen molar-refractivity contribution >= 4 is 36.6 Å². The van der Waals surface area contributed by atoms with Gasteiger partial charge in [0.05, 0.1) is 24.1 Å². The smallest absolute Gasteiger partial charge is 0.248 e. The summed E-state index contributed by atoms with van der Waals surface area (Å²) in [5.74, 6) is 1.31. The first-order valence-electron chi connectivity index (χ1n) is 14.5. The Bertz CT molecular complexity index is 1660. The van der Waals surface area contributed by atoms with Gasteiger partial charge in [0.2, 0.25) is 11.5 Å². The zero-order valence-corrected chi connectivity index (χ0v) is 27.0. The van der Waals surface area contributed by atoms with Gasteiger partial charge >= 0.3 is 0 Å². The second-order valence-electron chi connectivity index (χ2n) is 11.4. The van der Waals surface area contributed by atoms with Gasteiger partial charge in [-0.3, -0.25) is 4.79 Å². The number of fused-ring (bicyclic) bond motifs is 1. The number of furan rings is 1. The summed E-state index contributed by atoms with van der Waals surface area (Å²) >= 11 is 0. The molecule has 3 heterocycles. The number of nitrogens with one attached hydrogen (secondary N) is 3. The van der Waals surface area contributed by atoms with Crippen LogP contribution in [-0.2, 0) is 6.54 Å². The van der Waals surface area contributed by atoms with Crippen LogP contribution in [0, 0.1) is 19.8 Å². The molecular formula is C32H42N5O6P. The van der Waals surface area contributed by atoms with E-state index in [2.05, 4.69) is 34.4 Å². The molecule has 2 unspecified atom stereocenters. The lowest BCUT2D eigenvalue weighted by molar-refractivity contribution is -0.127. The zero-order valence-electron chi connectivity index (χ0n) is 26.0. The lowest BCUT2D eigenvalue weighted by Crippen LogP contribution is -2.15. The molecule has 1 fully saturated rings. The van der Waals surface area contributed by atoms with Gasteiger partial charge in [-0.05, 0) is 94.7 Å². The molecule has 0 saturated heterocycles. The minimum absolute atomic E-state index is 0.174. The van der Waals surface area contributed by atoms with Gasteiger partial charge < -0.3 is 40.1 Å². The molecule has 1 saturated carbocycles. The van der Waals surface area contributed by atoms with Crippen LogP contribution in [0.15, 0.2) is 51.3 Å². The van der Waals surface area contributed by atoms with Crippen molar-refractivity contribution in [3.8, 4) is 17.1 Å². The summed E-state index contributed by atoms with van der Waals surface area (Å²) in [4.78, 5) is 24.4. The Kier molecular flexibility index (Phi) is 10.8. The van der Waals surface area contributed by atoms with Gasteiger partial charge in [0.1, 0.15) is 17.3 Å². The molecule has 0 spiro atoms. The number of allylic oxidation sites excluding steroid dienone is 1. The Morgan fingerprint density at radius 3 is 2.59 bits per heavy atom. The minimum atomic E-state index is -1.50. The number of anilines is 2. The molecule has 236 valence electrons. The van der Waals surface area contributed by atoms with Crippen LogP contribution < -0.4 is 26.2 Å². The zero-order chi connectivity index (χ0) is 32.0. The third-order valence-electron chi connectivity index (χ3n) is 7.07. The van der Waals surface area contributed by atoms with Crippen LogP contribution >= 0.6 is 8.58 Å². The van der Waals surface area contributed by atoms with Gasteiger partial charge in [-0.1, -0.05) is 14.2 Å². The molecule has 0 bridgehead atoms. The highest BCUT2D eigenvalue weighted by atomic mass is 31.1. The number of pyridine rings is 1. The summed E-state index contributed by atoms with van der Waals surface area (Å²) in [5, 5.41) is 34.4. The van der Waals surface area contributed by atoms with E-state index in [1.807, 2.05) is 32.2 Å². The fraction of sp³-hybridized carbons (Fsp3) is 0.406. The Morgan fingerprint density at radius 2 is 1.93 bits per heavy atom. The molecule has 11 nitrogen and oxygen atoms in total. The number of benzene rings is 1. The number of rotatable bonds is 9. The first-order valence-corrected chi connectivity index (χ1v) is 16.0. The number of nitrogens with zero attached hydrogens (tertiary/aromatic N) is 2. The van der Waals surface area contributed by atoms with E-state index in [-0.39, 0.29) is 12.2 Å². The van der Waals surface area contributed by atoms with Crippen LogP contribution in [0.4, 0.5) is 11.8 Å². The maximum Gasteiger partial charge on any atom is 0.248 e. The normalized spacial score (nSPS) is 16.0. The first-order chi connectivity index (χ1) is 20.9. The van der Waals surface area contributed by atoms with E-state index in [0.29, 0.717) is 49.8 Å². The van der Waals surface area contributed by atoms with Crippen LogP contribution in [-0.4, -0.2) is 56.4 Å². The number of aryl methyl sites for hydroxylation is 2. The maximum atomic E-state index is 12.0. The number of H-pyrrole nitrogens is 1. The van der Waals surface area contributed by atoms with E-state index in [0.717, 1.165) is 47.2 Å². The number of hydrogen-bond donors (Lipinski definition) is 6. The summed E-state index contributed by atoms with van der Waals surface area (Å²) in [6.45, 7) is 9.22. The Labute approximate surface area is 258 Å². The third-order valence-corrected chi connectivity index (χ3v) is 7.94. The van der Waals surface area contributed by atoms with E-state index in [4.69, 9.17) is 29.3 Å². The van der Waals surface area contributed by atoms with E-state index >= 15 is 0 Å². The second kappa shape index (κ2) is 14.3. The number of ether oxygens (including phenoxy) is 1. The van der Waals surface area contributed by atoms with Gasteiger partial charge in [0.25, 0.3) is 0 Å². The molecule has 2 atom stereocenters. The monoisotopic (exact) mass is 623 g/mol. The minimum Gasteiger partial charge on any atom is -0.497 e. The standard InChI is InChI=1S/C29H34N5O4P.C3H8O2/c1-16-26(24-10-21-11-25(36)32-17(2)27(21)38-24)28(30-13-18-5-6-19(7-18)15-35)34-29(33-16)31-14-20-8-22(37-3)12-23(9-20)39-4;1-3(2,4)5/h8-13,19,35,39H,5-7,14-15H2,1-4H3,(H,32,36)(H2,30,31,33,34);4-5H,1-2H3. The lowest BCUT2D eigenvalue weighted by Gasteiger charge is -2.14. The van der Waals surface area contributed by atoms with E-state index < -0.39 is 5.79 Å². The largest absolute Gasteiger partial charge is 0.497 e. The molecule has 0 amide bonds. The average Bonchev–Trinajstić information content (AvgIpc) is 3.60. The quantitative estimate of drug-likeness (QED) is 0.115. The van der Waals surface area contributed by atoms with Crippen molar-refractivity contribution in [1.82, 2.24) is 15.0 Å². The Morgan fingerprint density at radius 1 is 1.18 bits per heavy atom. The molecule has 5 rings (SSSR count). The van der Waals surface area contributed by atoms with Crippen LogP contribution in [0.1, 0.15) is 50.1 Å². The number of methoxy groups -OCH3 is 1. The van der Waals surface area contributed by atoms with Crippen LogP contribution in [0.3, 0.4) is 0 Å². The van der Waals surface area contributed by atoms with E-state index in [1.165, 1.54) is 30.8 Å². The van der Waals surface area contributed by atoms with Crippen molar-refractivity contribution in [2.24, 2.45) is 5.92 Å². The summed E-state index contributed by atoms with van der Waals surface area (Å²) in [6.07, 6.45) is 4.75. The van der Waals surface area contributed by atoms with Crippen molar-refractivity contribution < 1.29 is 24.5 Å². The summed E-state index contributed by atoms with van der Waals surface area (Å²) < 4.78 is 11.7. The first kappa shape index (κ1) is 33.1. The molecule has 12 heteroatoms. The topological polar surface area (TPSA) is 166 Å².